The van der Waals surface area contributed by atoms with E-state index in [-0.39, 0.29) is 5.57 Å². The van der Waals surface area contributed by atoms with E-state index in [4.69, 9.17) is 9.47 Å². The van der Waals surface area contributed by atoms with Crippen molar-refractivity contribution in [1.29, 1.82) is 5.26 Å². The third-order valence-electron chi connectivity index (χ3n) is 4.64. The number of carbonyl (C=O) groups is 1. The van der Waals surface area contributed by atoms with Crippen LogP contribution in [0.15, 0.2) is 60.2 Å². The molecule has 4 heteroatoms. The minimum atomic E-state index is -0.675. The van der Waals surface area contributed by atoms with E-state index in [9.17, 15) is 10.1 Å². The Hall–Kier alpha value is -3.32. The maximum Gasteiger partial charge on any atom is 0.354 e. The van der Waals surface area contributed by atoms with Gasteiger partial charge >= 0.3 is 5.97 Å². The lowest BCUT2D eigenvalue weighted by Crippen LogP contribution is -2.10. The topological polar surface area (TPSA) is 59.3 Å². The molecule has 28 heavy (non-hydrogen) atoms. The predicted octanol–water partition coefficient (Wildman–Crippen LogP) is 5.59. The van der Waals surface area contributed by atoms with Crippen molar-refractivity contribution in [3.05, 3.63) is 76.9 Å². The number of hydrogen-bond donors (Lipinski definition) is 0. The molecule has 0 amide bonds. The highest BCUT2D eigenvalue weighted by molar-refractivity contribution is 5.94. The van der Waals surface area contributed by atoms with Crippen LogP contribution in [0.5, 0.6) is 11.5 Å². The van der Waals surface area contributed by atoms with Crippen LogP contribution in [0.4, 0.5) is 0 Å². The zero-order valence-electron chi connectivity index (χ0n) is 16.7. The van der Waals surface area contributed by atoms with Gasteiger partial charge in [0, 0.05) is 0 Å². The number of ether oxygens (including phenoxy) is 2. The first-order valence-electron chi connectivity index (χ1n) is 9.23. The lowest BCUT2D eigenvalue weighted by Gasteiger charge is -2.09. The number of carbonyl (C=O) groups excluding carboxylic acids is 1. The number of nitrogens with zero attached hydrogens (tertiary/aromatic N) is 1. The van der Waals surface area contributed by atoms with E-state index in [0.717, 1.165) is 23.3 Å². The van der Waals surface area contributed by atoms with Gasteiger partial charge in [0.2, 0.25) is 0 Å². The Labute approximate surface area is 166 Å². The summed E-state index contributed by atoms with van der Waals surface area (Å²) in [6, 6.07) is 15.0. The van der Waals surface area contributed by atoms with E-state index in [1.165, 1.54) is 11.6 Å². The van der Waals surface area contributed by atoms with Gasteiger partial charge in [-0.2, -0.15) is 5.26 Å². The van der Waals surface area contributed by atoms with Gasteiger partial charge in [-0.1, -0.05) is 44.2 Å². The molecule has 0 fully saturated rings. The molecule has 0 radical (unpaired) electrons. The summed E-state index contributed by atoms with van der Waals surface area (Å²) in [5.41, 5.74) is 3.13. The second kappa shape index (κ2) is 10.1. The van der Waals surface area contributed by atoms with E-state index in [1.807, 2.05) is 49.4 Å². The number of methoxy groups -OCH3 is 1. The van der Waals surface area contributed by atoms with Gasteiger partial charge in [-0.15, -0.1) is 0 Å². The Kier molecular flexibility index (Phi) is 7.59. The van der Waals surface area contributed by atoms with Crippen LogP contribution in [0.1, 0.15) is 42.9 Å². The maximum atomic E-state index is 12.3. The van der Waals surface area contributed by atoms with Crippen molar-refractivity contribution in [2.75, 3.05) is 7.11 Å². The summed E-state index contributed by atoms with van der Waals surface area (Å²) in [6.07, 6.45) is 5.98. The van der Waals surface area contributed by atoms with Gasteiger partial charge in [-0.05, 0) is 66.3 Å². The Morgan fingerprint density at radius 2 is 1.86 bits per heavy atom. The molecule has 1 unspecified atom stereocenters. The average molecular weight is 375 g/mol. The van der Waals surface area contributed by atoms with Crippen molar-refractivity contribution in [3.8, 4) is 17.6 Å². The molecule has 0 saturated carbocycles. The smallest absolute Gasteiger partial charge is 0.354 e. The van der Waals surface area contributed by atoms with Crippen molar-refractivity contribution in [1.82, 2.24) is 0 Å². The fraction of sp³-hybridized carbons (Fsp3) is 0.250. The molecule has 0 aromatic heterocycles. The summed E-state index contributed by atoms with van der Waals surface area (Å²) in [4.78, 5) is 12.3. The van der Waals surface area contributed by atoms with Crippen LogP contribution in [0.25, 0.3) is 6.08 Å². The molecule has 2 rings (SSSR count). The standard InChI is InChI=1S/C24H25NO3/c1-5-17(2)19-10-13-22(14-11-19)28-24(26)21(16-25)8-6-7-20-15-23(27-4)12-9-18(20)3/h6-15,17H,5H2,1-4H3/b7-6+,21-8+. The molecule has 0 N–H and O–H groups in total. The zero-order valence-corrected chi connectivity index (χ0v) is 16.7. The van der Waals surface area contributed by atoms with Gasteiger partial charge in [0.25, 0.3) is 0 Å². The summed E-state index contributed by atoms with van der Waals surface area (Å²) in [5.74, 6) is 0.941. The number of rotatable bonds is 7. The normalized spacial score (nSPS) is 12.5. The van der Waals surface area contributed by atoms with Crippen LogP contribution in [-0.2, 0) is 4.79 Å². The fourth-order valence-corrected chi connectivity index (χ4v) is 2.59. The summed E-state index contributed by atoms with van der Waals surface area (Å²) in [6.45, 7) is 6.25. The monoisotopic (exact) mass is 375 g/mol. The summed E-state index contributed by atoms with van der Waals surface area (Å²) in [7, 11) is 1.61. The molecule has 144 valence electrons. The molecule has 0 spiro atoms. The first-order chi connectivity index (χ1) is 13.5. The second-order valence-electron chi connectivity index (χ2n) is 6.54. The molecule has 1 atom stereocenters. The minimum absolute atomic E-state index is 0.0669. The highest BCUT2D eigenvalue weighted by Gasteiger charge is 2.11. The van der Waals surface area contributed by atoms with Gasteiger partial charge in [0.05, 0.1) is 7.11 Å². The first-order valence-corrected chi connectivity index (χ1v) is 9.23. The summed E-state index contributed by atoms with van der Waals surface area (Å²) in [5, 5.41) is 9.28. The van der Waals surface area contributed by atoms with Crippen molar-refractivity contribution in [2.24, 2.45) is 0 Å². The number of esters is 1. The molecule has 0 aliphatic carbocycles. The van der Waals surface area contributed by atoms with Crippen LogP contribution in [-0.4, -0.2) is 13.1 Å². The Morgan fingerprint density at radius 1 is 1.18 bits per heavy atom. The molecule has 0 aliphatic heterocycles. The number of allylic oxidation sites excluding steroid dienone is 2. The van der Waals surface area contributed by atoms with E-state index in [0.29, 0.717) is 11.7 Å². The third kappa shape index (κ3) is 5.59. The van der Waals surface area contributed by atoms with Crippen molar-refractivity contribution < 1.29 is 14.3 Å². The molecular weight excluding hydrogens is 350 g/mol. The number of aryl methyl sites for hydroxylation is 1. The third-order valence-corrected chi connectivity index (χ3v) is 4.64. The van der Waals surface area contributed by atoms with Crippen LogP contribution in [0.2, 0.25) is 0 Å². The van der Waals surface area contributed by atoms with Crippen molar-refractivity contribution in [2.45, 2.75) is 33.1 Å². The molecule has 0 bridgehead atoms. The molecule has 0 aliphatic rings. The number of hydrogen-bond acceptors (Lipinski definition) is 4. The van der Waals surface area contributed by atoms with Gasteiger partial charge in [-0.3, -0.25) is 0 Å². The zero-order chi connectivity index (χ0) is 20.5. The number of nitriles is 1. The van der Waals surface area contributed by atoms with Crippen molar-refractivity contribution in [3.63, 3.8) is 0 Å². The Bertz CT molecular complexity index is 918. The quantitative estimate of drug-likeness (QED) is 0.208. The van der Waals surface area contributed by atoms with Crippen LogP contribution in [0.3, 0.4) is 0 Å². The van der Waals surface area contributed by atoms with Crippen LogP contribution in [0, 0.1) is 18.3 Å². The van der Waals surface area contributed by atoms with E-state index < -0.39 is 5.97 Å². The van der Waals surface area contributed by atoms with Crippen LogP contribution >= 0.6 is 0 Å². The molecule has 2 aromatic rings. The lowest BCUT2D eigenvalue weighted by atomic mass is 9.99. The average Bonchev–Trinajstić information content (AvgIpc) is 2.72. The number of benzene rings is 2. The molecule has 4 nitrogen and oxygen atoms in total. The molecule has 2 aromatic carbocycles. The fourth-order valence-electron chi connectivity index (χ4n) is 2.59. The SMILES string of the molecule is CCC(C)c1ccc(OC(=O)/C(C#N)=C/C=C/c2cc(OC)ccc2C)cc1. The summed E-state index contributed by atoms with van der Waals surface area (Å²) >= 11 is 0. The van der Waals surface area contributed by atoms with Gasteiger partial charge in [0.15, 0.2) is 0 Å². The summed E-state index contributed by atoms with van der Waals surface area (Å²) < 4.78 is 10.5. The van der Waals surface area contributed by atoms with Crippen LogP contribution < -0.4 is 9.47 Å². The second-order valence-corrected chi connectivity index (χ2v) is 6.54. The first kappa shape index (κ1) is 21.0. The lowest BCUT2D eigenvalue weighted by molar-refractivity contribution is -0.129. The largest absolute Gasteiger partial charge is 0.497 e. The highest BCUT2D eigenvalue weighted by Crippen LogP contribution is 2.22. The van der Waals surface area contributed by atoms with Gasteiger partial charge in [-0.25, -0.2) is 4.79 Å². The maximum absolute atomic E-state index is 12.3. The van der Waals surface area contributed by atoms with Gasteiger partial charge < -0.3 is 9.47 Å². The van der Waals surface area contributed by atoms with Crippen molar-refractivity contribution >= 4 is 12.0 Å². The van der Waals surface area contributed by atoms with E-state index >= 15 is 0 Å². The highest BCUT2D eigenvalue weighted by atomic mass is 16.5. The Morgan fingerprint density at radius 3 is 2.46 bits per heavy atom. The Balaban J connectivity index is 2.10. The minimum Gasteiger partial charge on any atom is -0.497 e. The van der Waals surface area contributed by atoms with E-state index in [2.05, 4.69) is 13.8 Å². The molecule has 0 heterocycles. The molecule has 0 saturated heterocycles. The molecular formula is C24H25NO3. The van der Waals surface area contributed by atoms with Gasteiger partial charge in [0.1, 0.15) is 23.1 Å². The van der Waals surface area contributed by atoms with E-state index in [1.54, 1.807) is 25.3 Å². The predicted molar refractivity (Wildman–Crippen MR) is 111 cm³/mol.